The highest BCUT2D eigenvalue weighted by molar-refractivity contribution is 5.78. The smallest absolute Gasteiger partial charge is 0.332 e. The minimum Gasteiger partial charge on any atom is -0.479 e. The summed E-state index contributed by atoms with van der Waals surface area (Å²) in [6.07, 6.45) is -1.39. The molecular formula is C23H23NO5. The molecule has 0 bridgehead atoms. The second-order valence-electron chi connectivity index (χ2n) is 6.45. The Morgan fingerprint density at radius 2 is 1.31 bits per heavy atom. The maximum absolute atomic E-state index is 9.45. The molecule has 4 rings (SSSR count). The number of hydrogen-bond donors (Lipinski definition) is 2. The normalized spacial score (nSPS) is 13.6. The fraction of sp³-hybridized carbons (Fsp3) is 0.174. The first-order valence-electron chi connectivity index (χ1n) is 9.25. The van der Waals surface area contributed by atoms with Gasteiger partial charge in [0.1, 0.15) is 11.9 Å². The molecule has 0 fully saturated rings. The van der Waals surface area contributed by atoms with Gasteiger partial charge in [-0.2, -0.15) is 0 Å². The van der Waals surface area contributed by atoms with Crippen molar-refractivity contribution in [1.29, 1.82) is 0 Å². The number of nitrogens with zero attached hydrogens (tertiary/aromatic N) is 1. The molecule has 0 aromatic heterocycles. The Bertz CT molecular complexity index is 913. The monoisotopic (exact) mass is 393 g/mol. The van der Waals surface area contributed by atoms with Crippen molar-refractivity contribution in [2.45, 2.75) is 26.2 Å². The van der Waals surface area contributed by atoms with Gasteiger partial charge in [-0.05, 0) is 50.2 Å². The average Bonchev–Trinajstić information content (AvgIpc) is 2.73. The van der Waals surface area contributed by atoms with Crippen LogP contribution in [0.4, 0.5) is 11.4 Å². The quantitative estimate of drug-likeness (QED) is 0.662. The molecule has 6 heteroatoms. The Kier molecular flexibility index (Phi) is 6.36. The van der Waals surface area contributed by atoms with Crippen LogP contribution in [0, 0.1) is 0 Å². The summed E-state index contributed by atoms with van der Waals surface area (Å²) in [7, 11) is 0. The highest BCUT2D eigenvalue weighted by atomic mass is 16.5. The van der Waals surface area contributed by atoms with Crippen LogP contribution in [0.25, 0.3) is 0 Å². The minimum atomic E-state index is -1.23. The van der Waals surface area contributed by atoms with Gasteiger partial charge < -0.3 is 19.7 Å². The van der Waals surface area contributed by atoms with E-state index in [1.54, 1.807) is 0 Å². The van der Waals surface area contributed by atoms with Crippen LogP contribution >= 0.6 is 0 Å². The molecule has 0 spiro atoms. The Balaban J connectivity index is 0.000000353. The number of aliphatic hydroxyl groups is 1. The summed E-state index contributed by atoms with van der Waals surface area (Å²) in [5.41, 5.74) is 2.02. The first-order chi connectivity index (χ1) is 14.0. The predicted octanol–water partition coefficient (Wildman–Crippen LogP) is 4.81. The average molecular weight is 393 g/mol. The summed E-state index contributed by atoms with van der Waals surface area (Å²) in [4.78, 5) is 11.6. The topological polar surface area (TPSA) is 79.2 Å². The van der Waals surface area contributed by atoms with Crippen LogP contribution in [0.5, 0.6) is 17.2 Å². The van der Waals surface area contributed by atoms with E-state index in [-0.39, 0.29) is 6.23 Å². The van der Waals surface area contributed by atoms with Crippen molar-refractivity contribution in [2.75, 3.05) is 4.90 Å². The maximum Gasteiger partial charge on any atom is 0.332 e. The summed E-state index contributed by atoms with van der Waals surface area (Å²) in [5, 5.41) is 15.8. The Labute approximate surface area is 169 Å². The number of carboxylic acids is 1. The predicted molar refractivity (Wildman–Crippen MR) is 111 cm³/mol. The van der Waals surface area contributed by atoms with Crippen molar-refractivity contribution in [3.8, 4) is 17.2 Å². The van der Waals surface area contributed by atoms with Crippen LogP contribution < -0.4 is 14.4 Å². The lowest BCUT2D eigenvalue weighted by Crippen LogP contribution is -2.35. The Hall–Kier alpha value is -3.51. The van der Waals surface area contributed by atoms with Crippen LogP contribution in [0.2, 0.25) is 0 Å². The molecule has 3 aromatic rings. The summed E-state index contributed by atoms with van der Waals surface area (Å²) < 4.78 is 12.1. The van der Waals surface area contributed by atoms with E-state index >= 15 is 0 Å². The molecule has 1 heterocycles. The van der Waals surface area contributed by atoms with Crippen molar-refractivity contribution in [1.82, 2.24) is 0 Å². The molecule has 0 amide bonds. The number of carbonyl (C=O) groups is 1. The van der Waals surface area contributed by atoms with E-state index in [0.717, 1.165) is 28.6 Å². The third-order valence-corrected chi connectivity index (χ3v) is 4.24. The number of hydrogen-bond acceptors (Lipinski definition) is 5. The van der Waals surface area contributed by atoms with Crippen LogP contribution in [-0.2, 0) is 4.79 Å². The number of aliphatic hydroxyl groups excluding tert-OH is 1. The Morgan fingerprint density at radius 1 is 0.862 bits per heavy atom. The SMILES string of the molecule is CC(O)C(=O)O.CC(Oc1ccccc1)N1c2ccccc2Oc2ccccc21. The largest absolute Gasteiger partial charge is 0.479 e. The van der Waals surface area contributed by atoms with Crippen molar-refractivity contribution in [2.24, 2.45) is 0 Å². The van der Waals surface area contributed by atoms with Crippen LogP contribution in [0.1, 0.15) is 13.8 Å². The van der Waals surface area contributed by atoms with Gasteiger partial charge >= 0.3 is 5.97 Å². The molecule has 2 atom stereocenters. The van der Waals surface area contributed by atoms with Gasteiger partial charge in [-0.15, -0.1) is 0 Å². The first-order valence-corrected chi connectivity index (χ1v) is 9.25. The number of ether oxygens (including phenoxy) is 2. The summed E-state index contributed by atoms with van der Waals surface area (Å²) in [6.45, 7) is 3.24. The van der Waals surface area contributed by atoms with Crippen molar-refractivity contribution in [3.05, 3.63) is 78.9 Å². The number of para-hydroxylation sites is 5. The molecular weight excluding hydrogens is 370 g/mol. The van der Waals surface area contributed by atoms with Crippen molar-refractivity contribution in [3.63, 3.8) is 0 Å². The second kappa shape index (κ2) is 9.12. The highest BCUT2D eigenvalue weighted by Gasteiger charge is 2.28. The number of carboxylic acid groups (broad SMARTS) is 1. The molecule has 6 nitrogen and oxygen atoms in total. The fourth-order valence-electron chi connectivity index (χ4n) is 2.87. The lowest BCUT2D eigenvalue weighted by atomic mass is 10.1. The zero-order valence-electron chi connectivity index (χ0n) is 16.2. The summed E-state index contributed by atoms with van der Waals surface area (Å²) in [5.74, 6) is 1.35. The van der Waals surface area contributed by atoms with Crippen LogP contribution in [0.15, 0.2) is 78.9 Å². The molecule has 150 valence electrons. The van der Waals surface area contributed by atoms with E-state index in [1.807, 2.05) is 73.7 Å². The van der Waals surface area contributed by atoms with Gasteiger partial charge in [-0.3, -0.25) is 4.90 Å². The van der Waals surface area contributed by atoms with E-state index in [0.29, 0.717) is 0 Å². The van der Waals surface area contributed by atoms with E-state index in [4.69, 9.17) is 19.7 Å². The zero-order valence-corrected chi connectivity index (χ0v) is 16.2. The lowest BCUT2D eigenvalue weighted by molar-refractivity contribution is -0.145. The van der Waals surface area contributed by atoms with Gasteiger partial charge in [-0.25, -0.2) is 4.79 Å². The molecule has 29 heavy (non-hydrogen) atoms. The molecule has 0 aliphatic carbocycles. The number of benzene rings is 3. The molecule has 0 radical (unpaired) electrons. The Morgan fingerprint density at radius 3 is 1.79 bits per heavy atom. The summed E-state index contributed by atoms with van der Waals surface area (Å²) >= 11 is 0. The van der Waals surface area contributed by atoms with Gasteiger partial charge in [0.25, 0.3) is 0 Å². The maximum atomic E-state index is 9.45. The molecule has 1 aliphatic heterocycles. The van der Waals surface area contributed by atoms with Crippen LogP contribution in [-0.4, -0.2) is 28.5 Å². The molecule has 0 saturated heterocycles. The van der Waals surface area contributed by atoms with Crippen molar-refractivity contribution < 1.29 is 24.5 Å². The first kappa shape index (κ1) is 20.2. The minimum absolute atomic E-state index is 0.163. The van der Waals surface area contributed by atoms with E-state index in [2.05, 4.69) is 17.0 Å². The van der Waals surface area contributed by atoms with Gasteiger partial charge in [0.05, 0.1) is 11.4 Å². The molecule has 0 saturated carbocycles. The molecule has 3 aromatic carbocycles. The highest BCUT2D eigenvalue weighted by Crippen LogP contribution is 2.47. The zero-order chi connectivity index (χ0) is 20.8. The second-order valence-corrected chi connectivity index (χ2v) is 6.45. The lowest BCUT2D eigenvalue weighted by Gasteiger charge is -2.36. The number of fused-ring (bicyclic) bond motifs is 2. The van der Waals surface area contributed by atoms with Gasteiger partial charge in [0, 0.05) is 0 Å². The standard InChI is InChI=1S/C20H17NO2.C3H6O3/c1-15(22-16-9-3-2-4-10-16)21-17-11-5-7-13-19(17)23-20-14-8-6-12-18(20)21;1-2(4)3(5)6/h2-15H,1H3;2,4H,1H3,(H,5,6). The number of rotatable bonds is 4. The number of aliphatic carboxylic acids is 1. The van der Waals surface area contributed by atoms with Gasteiger partial charge in [0.2, 0.25) is 0 Å². The third kappa shape index (κ3) is 4.86. The van der Waals surface area contributed by atoms with E-state index in [9.17, 15) is 4.79 Å². The van der Waals surface area contributed by atoms with E-state index < -0.39 is 12.1 Å². The fourth-order valence-corrected chi connectivity index (χ4v) is 2.87. The van der Waals surface area contributed by atoms with Crippen molar-refractivity contribution >= 4 is 17.3 Å². The van der Waals surface area contributed by atoms with Gasteiger partial charge in [-0.1, -0.05) is 42.5 Å². The molecule has 2 N–H and O–H groups in total. The van der Waals surface area contributed by atoms with Gasteiger partial charge in [0.15, 0.2) is 17.7 Å². The van der Waals surface area contributed by atoms with Crippen LogP contribution in [0.3, 0.4) is 0 Å². The molecule has 1 aliphatic rings. The summed E-state index contributed by atoms with van der Waals surface area (Å²) in [6, 6.07) is 25.9. The van der Waals surface area contributed by atoms with E-state index in [1.165, 1.54) is 6.92 Å². The third-order valence-electron chi connectivity index (χ3n) is 4.24. The molecule has 2 unspecified atom stereocenters. The number of anilines is 2.